The molecule has 20 heavy (non-hydrogen) atoms. The summed E-state index contributed by atoms with van der Waals surface area (Å²) in [6.07, 6.45) is 4.05. The summed E-state index contributed by atoms with van der Waals surface area (Å²) >= 11 is 3.41. The van der Waals surface area contributed by atoms with E-state index >= 15 is 0 Å². The van der Waals surface area contributed by atoms with Gasteiger partial charge in [0.05, 0.1) is 22.9 Å². The number of carbonyl (C=O) groups is 1. The summed E-state index contributed by atoms with van der Waals surface area (Å²) in [5.74, 6) is 0.0849. The van der Waals surface area contributed by atoms with Crippen LogP contribution in [0.5, 0.6) is 0 Å². The average molecular weight is 340 g/mol. The summed E-state index contributed by atoms with van der Waals surface area (Å²) in [4.78, 5) is 13.8. The number of carbonyl (C=O) groups excluding carboxylic acids is 1. The summed E-state index contributed by atoms with van der Waals surface area (Å²) < 4.78 is 4.53. The summed E-state index contributed by atoms with van der Waals surface area (Å²) in [6.45, 7) is 3.09. The van der Waals surface area contributed by atoms with Crippen LogP contribution in [0.4, 0.5) is 0 Å². The maximum atomic E-state index is 12.1. The van der Waals surface area contributed by atoms with Gasteiger partial charge in [0.15, 0.2) is 0 Å². The zero-order valence-electron chi connectivity index (χ0n) is 11.9. The molecule has 2 heterocycles. The quantitative estimate of drug-likeness (QED) is 0.833. The van der Waals surface area contributed by atoms with Gasteiger partial charge in [0.1, 0.15) is 0 Å². The van der Waals surface area contributed by atoms with Crippen LogP contribution in [-0.2, 0) is 24.9 Å². The van der Waals surface area contributed by atoms with Gasteiger partial charge in [0, 0.05) is 39.0 Å². The molecule has 0 aliphatic rings. The molecular weight excluding hydrogens is 322 g/mol. The highest BCUT2D eigenvalue weighted by molar-refractivity contribution is 9.10. The molecule has 2 aromatic rings. The van der Waals surface area contributed by atoms with Gasteiger partial charge < -0.3 is 4.90 Å². The second kappa shape index (κ2) is 6.21. The molecule has 6 nitrogen and oxygen atoms in total. The monoisotopic (exact) mass is 339 g/mol. The van der Waals surface area contributed by atoms with E-state index in [0.717, 1.165) is 15.9 Å². The molecule has 0 spiro atoms. The fourth-order valence-corrected chi connectivity index (χ4v) is 2.22. The standard InChI is InChI=1S/C13H18BrN5O/c1-10-12(14)8-15-19(10)7-5-13(20)17(2)9-11-4-6-18(3)16-11/h4,6,8H,5,7,9H2,1-3H3. The van der Waals surface area contributed by atoms with Crippen molar-refractivity contribution in [3.05, 3.63) is 34.3 Å². The van der Waals surface area contributed by atoms with E-state index in [1.807, 2.05) is 30.9 Å². The van der Waals surface area contributed by atoms with E-state index in [1.165, 1.54) is 0 Å². The van der Waals surface area contributed by atoms with Gasteiger partial charge in [0.2, 0.25) is 5.91 Å². The van der Waals surface area contributed by atoms with Crippen molar-refractivity contribution in [2.24, 2.45) is 7.05 Å². The van der Waals surface area contributed by atoms with Gasteiger partial charge in [-0.2, -0.15) is 10.2 Å². The second-order valence-electron chi connectivity index (χ2n) is 4.78. The number of halogens is 1. The first kappa shape index (κ1) is 14.8. The topological polar surface area (TPSA) is 56.0 Å². The van der Waals surface area contributed by atoms with Crippen LogP contribution in [0.2, 0.25) is 0 Å². The van der Waals surface area contributed by atoms with Gasteiger partial charge >= 0.3 is 0 Å². The Balaban J connectivity index is 1.86. The molecule has 0 atom stereocenters. The van der Waals surface area contributed by atoms with Crippen molar-refractivity contribution in [3.8, 4) is 0 Å². The van der Waals surface area contributed by atoms with Crippen molar-refractivity contribution < 1.29 is 4.79 Å². The maximum Gasteiger partial charge on any atom is 0.224 e. The van der Waals surface area contributed by atoms with E-state index in [-0.39, 0.29) is 5.91 Å². The molecule has 0 aliphatic carbocycles. The Bertz CT molecular complexity index is 604. The highest BCUT2D eigenvalue weighted by Gasteiger charge is 2.12. The van der Waals surface area contributed by atoms with Crippen LogP contribution in [-0.4, -0.2) is 37.4 Å². The van der Waals surface area contributed by atoms with Crippen molar-refractivity contribution in [2.45, 2.75) is 26.4 Å². The fraction of sp³-hybridized carbons (Fsp3) is 0.462. The Hall–Kier alpha value is -1.63. The number of amides is 1. The number of rotatable bonds is 5. The lowest BCUT2D eigenvalue weighted by molar-refractivity contribution is -0.130. The maximum absolute atomic E-state index is 12.1. The van der Waals surface area contributed by atoms with Gasteiger partial charge in [-0.05, 0) is 28.9 Å². The van der Waals surface area contributed by atoms with Crippen molar-refractivity contribution in [3.63, 3.8) is 0 Å². The van der Waals surface area contributed by atoms with Crippen LogP contribution < -0.4 is 0 Å². The molecule has 0 saturated carbocycles. The minimum absolute atomic E-state index is 0.0849. The molecule has 2 aromatic heterocycles. The van der Waals surface area contributed by atoms with Gasteiger partial charge in [-0.25, -0.2) is 0 Å². The molecule has 2 rings (SSSR count). The minimum Gasteiger partial charge on any atom is -0.340 e. The van der Waals surface area contributed by atoms with Gasteiger partial charge in [-0.15, -0.1) is 0 Å². The number of nitrogens with zero attached hydrogens (tertiary/aromatic N) is 5. The van der Waals surface area contributed by atoms with Crippen LogP contribution in [0.1, 0.15) is 17.8 Å². The predicted octanol–water partition coefficient (Wildman–Crippen LogP) is 1.74. The van der Waals surface area contributed by atoms with Crippen LogP contribution in [0.15, 0.2) is 22.9 Å². The number of aromatic nitrogens is 4. The molecule has 0 N–H and O–H groups in total. The number of hydrogen-bond acceptors (Lipinski definition) is 3. The first-order chi connectivity index (χ1) is 9.47. The summed E-state index contributed by atoms with van der Waals surface area (Å²) in [5, 5.41) is 8.49. The van der Waals surface area contributed by atoms with Crippen molar-refractivity contribution in [1.29, 1.82) is 0 Å². The Morgan fingerprint density at radius 1 is 1.50 bits per heavy atom. The molecule has 0 bridgehead atoms. The van der Waals surface area contributed by atoms with E-state index in [1.54, 1.807) is 22.8 Å². The minimum atomic E-state index is 0.0849. The average Bonchev–Trinajstić information content (AvgIpc) is 2.95. The zero-order valence-corrected chi connectivity index (χ0v) is 13.5. The van der Waals surface area contributed by atoms with Gasteiger partial charge in [-0.3, -0.25) is 14.2 Å². The largest absolute Gasteiger partial charge is 0.340 e. The molecule has 108 valence electrons. The van der Waals surface area contributed by atoms with Gasteiger partial charge in [0.25, 0.3) is 0 Å². The zero-order chi connectivity index (χ0) is 14.7. The van der Waals surface area contributed by atoms with Gasteiger partial charge in [-0.1, -0.05) is 0 Å². The first-order valence-corrected chi connectivity index (χ1v) is 7.17. The lowest BCUT2D eigenvalue weighted by atomic mass is 10.3. The SMILES string of the molecule is Cc1c(Br)cnn1CCC(=O)N(C)Cc1ccn(C)n1. The van der Waals surface area contributed by atoms with Crippen LogP contribution in [0, 0.1) is 6.92 Å². The van der Waals surface area contributed by atoms with E-state index in [4.69, 9.17) is 0 Å². The predicted molar refractivity (Wildman–Crippen MR) is 79.0 cm³/mol. The third kappa shape index (κ3) is 3.47. The molecule has 7 heteroatoms. The second-order valence-corrected chi connectivity index (χ2v) is 5.64. The molecular formula is C13H18BrN5O. The Morgan fingerprint density at radius 2 is 2.25 bits per heavy atom. The van der Waals surface area contributed by atoms with Crippen molar-refractivity contribution in [2.75, 3.05) is 7.05 Å². The van der Waals surface area contributed by atoms with E-state index < -0.39 is 0 Å². The summed E-state index contributed by atoms with van der Waals surface area (Å²) in [5.41, 5.74) is 1.92. The van der Waals surface area contributed by atoms with E-state index in [0.29, 0.717) is 19.5 Å². The Kier molecular flexibility index (Phi) is 4.59. The first-order valence-electron chi connectivity index (χ1n) is 6.37. The molecule has 0 aromatic carbocycles. The molecule has 1 amide bonds. The smallest absolute Gasteiger partial charge is 0.224 e. The highest BCUT2D eigenvalue weighted by Crippen LogP contribution is 2.14. The van der Waals surface area contributed by atoms with E-state index in [9.17, 15) is 4.79 Å². The highest BCUT2D eigenvalue weighted by atomic mass is 79.9. The Labute approximate surface area is 126 Å². The Morgan fingerprint density at radius 3 is 2.80 bits per heavy atom. The molecule has 0 saturated heterocycles. The summed E-state index contributed by atoms with van der Waals surface area (Å²) in [7, 11) is 3.66. The summed E-state index contributed by atoms with van der Waals surface area (Å²) in [6, 6.07) is 1.92. The molecule has 0 unspecified atom stereocenters. The van der Waals surface area contributed by atoms with Crippen LogP contribution in [0.25, 0.3) is 0 Å². The normalized spacial score (nSPS) is 10.8. The molecule has 0 aliphatic heterocycles. The fourth-order valence-electron chi connectivity index (χ4n) is 1.92. The van der Waals surface area contributed by atoms with Crippen molar-refractivity contribution in [1.82, 2.24) is 24.5 Å². The molecule has 0 fully saturated rings. The number of aryl methyl sites for hydroxylation is 2. The number of hydrogen-bond donors (Lipinski definition) is 0. The van der Waals surface area contributed by atoms with Crippen LogP contribution >= 0.6 is 15.9 Å². The lowest BCUT2D eigenvalue weighted by Crippen LogP contribution is -2.27. The third-order valence-electron chi connectivity index (χ3n) is 3.17. The lowest BCUT2D eigenvalue weighted by Gasteiger charge is -2.16. The molecule has 0 radical (unpaired) electrons. The third-order valence-corrected chi connectivity index (χ3v) is 3.95. The van der Waals surface area contributed by atoms with Crippen molar-refractivity contribution >= 4 is 21.8 Å². The van der Waals surface area contributed by atoms with Crippen LogP contribution in [0.3, 0.4) is 0 Å². The van der Waals surface area contributed by atoms with E-state index in [2.05, 4.69) is 26.1 Å².